The standard InChI is InChI=1S/C96H171N3O27Si/c1-67-70(4)86(61-119-76(10)101)123-92(73(67)7)116-54-31-27-41-80(104)36-21-19-23-38-83(107)47-57-112-64-96(99-91(111)44-26-25-40-82(106)45-46-85(126-127(17,18)95(14,15)16)60-122-79(13)115-53-34-30-52-100,65-113-58-48-84(108)39-24-20-22-37-81(105)42-28-32-55-117-93-74(8)68(2)71(5)87(124-93)62-120-77(11)102)66-114-59-49-90(110)98-51-35-50-97-89(109)43-29-33-56-118-94-75(9)69(3)72(6)88(125-94)63-121-78(12)103/h67-75,79,85-88,92-94,100H,19-66H2,1-18H3,(H,97,109)(H,98,110)(H,99,111). The van der Waals surface area contributed by atoms with E-state index in [0.29, 0.717) is 192 Å². The second kappa shape index (κ2) is 65.5. The van der Waals surface area contributed by atoms with Gasteiger partial charge in [0, 0.05) is 168 Å². The van der Waals surface area contributed by atoms with Gasteiger partial charge in [0.15, 0.2) is 33.5 Å². The number of Topliss-reactive ketones (excluding diaryl/α,β-unsaturated/α-hetero) is 5. The fourth-order valence-corrected chi connectivity index (χ4v) is 16.8. The van der Waals surface area contributed by atoms with E-state index in [1.54, 1.807) is 0 Å². The fraction of sp³-hybridized carbons (Fsp3) is 0.885. The maximum absolute atomic E-state index is 14.3. The molecule has 0 aromatic rings. The fourth-order valence-electron chi connectivity index (χ4n) is 15.4. The third-order valence-electron chi connectivity index (χ3n) is 26.1. The van der Waals surface area contributed by atoms with Crippen LogP contribution < -0.4 is 16.0 Å². The number of carbonyl (C=O) groups excluding carboxylic acids is 11. The second-order valence-corrected chi connectivity index (χ2v) is 42.6. The minimum Gasteiger partial charge on any atom is -0.463 e. The van der Waals surface area contributed by atoms with Crippen molar-refractivity contribution in [1.82, 2.24) is 16.0 Å². The molecule has 0 aliphatic carbocycles. The molecule has 736 valence electrons. The molecule has 3 aliphatic rings. The number of ketones is 5. The molecule has 17 unspecified atom stereocenters. The molecule has 0 spiro atoms. The smallest absolute Gasteiger partial charge is 0.302 e. The molecule has 0 aromatic heterocycles. The van der Waals surface area contributed by atoms with E-state index < -0.39 is 39.0 Å². The summed E-state index contributed by atoms with van der Waals surface area (Å²) in [7, 11) is -2.28. The minimum atomic E-state index is -2.28. The Kier molecular flexibility index (Phi) is 59.8. The SMILES string of the molecule is CC(=O)OCC1OC(OCCCCC(=O)CCCCCC(=O)CCOCC(COCCC(=O)CCCCCC(=O)CCCCOC2OC(COC(C)=O)C(C)C(C)C2C)(COCCC(=O)NCCCNC(=O)CCCCOC2OC(COC(C)=O)C(C)C(C)C2C)NC(=O)CCCCC(=O)CCC(COC(C)OCCCCO)O[Si](C)(C)C(C)(C)C)C(C)C(C)C1C. The van der Waals surface area contributed by atoms with Crippen LogP contribution in [0.3, 0.4) is 0 Å². The Bertz CT molecular complexity index is 2890. The molecule has 3 fully saturated rings. The van der Waals surface area contributed by atoms with Gasteiger partial charge in [-0.15, -0.1) is 0 Å². The zero-order valence-electron chi connectivity index (χ0n) is 81.3. The van der Waals surface area contributed by atoms with Gasteiger partial charge in [-0.3, -0.25) is 52.7 Å². The normalized spacial score (nSPS) is 23.6. The van der Waals surface area contributed by atoms with Crippen LogP contribution in [0.4, 0.5) is 0 Å². The van der Waals surface area contributed by atoms with Crippen LogP contribution in [0.5, 0.6) is 0 Å². The maximum Gasteiger partial charge on any atom is 0.302 e. The average Bonchev–Trinajstić information content (AvgIpc) is 0.833. The number of nitrogens with one attached hydrogen (secondary N) is 3. The van der Waals surface area contributed by atoms with Crippen molar-refractivity contribution in [3.63, 3.8) is 0 Å². The van der Waals surface area contributed by atoms with Crippen LogP contribution in [0.15, 0.2) is 0 Å². The molecule has 3 saturated heterocycles. The number of amides is 3. The van der Waals surface area contributed by atoms with Crippen molar-refractivity contribution in [2.24, 2.45) is 53.3 Å². The summed E-state index contributed by atoms with van der Waals surface area (Å²) in [6.07, 6.45) is 11.0. The van der Waals surface area contributed by atoms with Crippen molar-refractivity contribution in [2.75, 3.05) is 112 Å². The molecule has 0 saturated carbocycles. The highest BCUT2D eigenvalue weighted by atomic mass is 28.4. The van der Waals surface area contributed by atoms with Gasteiger partial charge in [0.05, 0.1) is 70.7 Å². The van der Waals surface area contributed by atoms with E-state index >= 15 is 0 Å². The number of carbonyl (C=O) groups is 11. The first-order valence-corrected chi connectivity index (χ1v) is 51.1. The molecular formula is C96H171N3O27Si. The number of unbranched alkanes of at least 4 members (excludes halogenated alkanes) is 9. The lowest BCUT2D eigenvalue weighted by atomic mass is 9.79. The van der Waals surface area contributed by atoms with Gasteiger partial charge in [0.2, 0.25) is 17.7 Å². The Morgan fingerprint density at radius 1 is 0.370 bits per heavy atom. The first-order chi connectivity index (χ1) is 60.3. The predicted molar refractivity (Wildman–Crippen MR) is 484 cm³/mol. The summed E-state index contributed by atoms with van der Waals surface area (Å²) in [6, 6.07) is 0. The van der Waals surface area contributed by atoms with E-state index in [1.165, 1.54) is 20.8 Å². The maximum atomic E-state index is 14.3. The zero-order valence-corrected chi connectivity index (χ0v) is 82.3. The van der Waals surface area contributed by atoms with E-state index in [4.69, 9.17) is 70.7 Å². The molecule has 30 nitrogen and oxygen atoms in total. The second-order valence-electron chi connectivity index (χ2n) is 37.8. The molecule has 3 heterocycles. The summed E-state index contributed by atoms with van der Waals surface area (Å²) in [5.74, 6) is 0.220. The number of aliphatic hydroxyl groups is 1. The van der Waals surface area contributed by atoms with Gasteiger partial charge in [-0.25, -0.2) is 0 Å². The average molecular weight is 1830 g/mol. The first-order valence-electron chi connectivity index (χ1n) is 48.2. The summed E-state index contributed by atoms with van der Waals surface area (Å²) < 4.78 is 90.2. The van der Waals surface area contributed by atoms with Gasteiger partial charge in [-0.2, -0.15) is 0 Å². The molecule has 0 radical (unpaired) electrons. The number of hydrogen-bond donors (Lipinski definition) is 4. The van der Waals surface area contributed by atoms with Crippen LogP contribution >= 0.6 is 0 Å². The Balaban J connectivity index is 1.66. The van der Waals surface area contributed by atoms with Crippen molar-refractivity contribution in [3.8, 4) is 0 Å². The van der Waals surface area contributed by atoms with Crippen molar-refractivity contribution < 1.29 is 129 Å². The highest BCUT2D eigenvalue weighted by molar-refractivity contribution is 6.74. The lowest BCUT2D eigenvalue weighted by molar-refractivity contribution is -0.255. The van der Waals surface area contributed by atoms with Crippen LogP contribution in [0.25, 0.3) is 0 Å². The van der Waals surface area contributed by atoms with Crippen LogP contribution in [0.1, 0.15) is 310 Å². The summed E-state index contributed by atoms with van der Waals surface area (Å²) in [4.78, 5) is 141. The Labute approximate surface area is 762 Å². The van der Waals surface area contributed by atoms with Crippen LogP contribution in [0.2, 0.25) is 18.1 Å². The Morgan fingerprint density at radius 3 is 1.09 bits per heavy atom. The lowest BCUT2D eigenvalue weighted by Crippen LogP contribution is -2.58. The first kappa shape index (κ1) is 116. The van der Waals surface area contributed by atoms with E-state index in [2.05, 4.69) is 112 Å². The number of hydrogen-bond acceptors (Lipinski definition) is 27. The molecule has 0 bridgehead atoms. The van der Waals surface area contributed by atoms with Crippen molar-refractivity contribution in [3.05, 3.63) is 0 Å². The molecule has 31 heteroatoms. The topological polar surface area (TPSA) is 383 Å². The van der Waals surface area contributed by atoms with Crippen molar-refractivity contribution >= 4 is 72.9 Å². The van der Waals surface area contributed by atoms with Gasteiger partial charge < -0.3 is 91.8 Å². The molecular weight excluding hydrogens is 1660 g/mol. The molecule has 3 aliphatic heterocycles. The van der Waals surface area contributed by atoms with E-state index in [-0.39, 0.29) is 266 Å². The Hall–Kier alpha value is -5.13. The third kappa shape index (κ3) is 50.5. The van der Waals surface area contributed by atoms with E-state index in [9.17, 15) is 57.8 Å². The highest BCUT2D eigenvalue weighted by Crippen LogP contribution is 2.40. The molecule has 4 N–H and O–H groups in total. The van der Waals surface area contributed by atoms with Crippen molar-refractivity contribution in [2.45, 2.75) is 383 Å². The lowest BCUT2D eigenvalue weighted by Gasteiger charge is -2.43. The van der Waals surface area contributed by atoms with Gasteiger partial charge >= 0.3 is 17.9 Å². The van der Waals surface area contributed by atoms with E-state index in [0.717, 1.165) is 0 Å². The molecule has 0 aromatic carbocycles. The summed E-state index contributed by atoms with van der Waals surface area (Å²) in [6.45, 7) is 38.3. The van der Waals surface area contributed by atoms with Gasteiger partial charge in [-0.1, -0.05) is 95.9 Å². The molecule has 127 heavy (non-hydrogen) atoms. The van der Waals surface area contributed by atoms with Crippen molar-refractivity contribution in [1.29, 1.82) is 0 Å². The number of aliphatic hydroxyl groups excluding tert-OH is 1. The zero-order chi connectivity index (χ0) is 94.3. The van der Waals surface area contributed by atoms with Crippen LogP contribution in [-0.2, 0) is 123 Å². The largest absolute Gasteiger partial charge is 0.463 e. The molecule has 3 rings (SSSR count). The Morgan fingerprint density at radius 2 is 0.701 bits per heavy atom. The third-order valence-corrected chi connectivity index (χ3v) is 30.6. The monoisotopic (exact) mass is 1830 g/mol. The van der Waals surface area contributed by atoms with Gasteiger partial charge in [0.1, 0.15) is 54.3 Å². The van der Waals surface area contributed by atoms with E-state index in [1.807, 2.05) is 6.92 Å². The van der Waals surface area contributed by atoms with Crippen LogP contribution in [0, 0.1) is 53.3 Å². The summed E-state index contributed by atoms with van der Waals surface area (Å²) >= 11 is 0. The minimum absolute atomic E-state index is 0.00324. The number of ether oxygens (including phenoxy) is 14. The predicted octanol–water partition coefficient (Wildman–Crippen LogP) is 14.5. The number of esters is 3. The van der Waals surface area contributed by atoms with Gasteiger partial charge in [-0.05, 0) is 163 Å². The molecule has 17 atom stereocenters. The number of rotatable bonds is 74. The summed E-state index contributed by atoms with van der Waals surface area (Å²) in [5, 5.41) is 18.0. The quantitative estimate of drug-likeness (QED) is 0.0144. The molecule has 3 amide bonds. The van der Waals surface area contributed by atoms with Gasteiger partial charge in [0.25, 0.3) is 0 Å². The van der Waals surface area contributed by atoms with Crippen LogP contribution in [-0.4, -0.2) is 245 Å². The summed E-state index contributed by atoms with van der Waals surface area (Å²) in [5.41, 5.74) is -1.38. The highest BCUT2D eigenvalue weighted by Gasteiger charge is 2.44.